The molecule has 1 aliphatic heterocycles. The fourth-order valence-electron chi connectivity index (χ4n) is 3.50. The van der Waals surface area contributed by atoms with E-state index in [1.807, 2.05) is 92.7 Å². The lowest BCUT2D eigenvalue weighted by atomic mass is 10.0. The molecule has 0 atom stereocenters. The first-order valence-electron chi connectivity index (χ1n) is 10.7. The molecule has 0 saturated heterocycles. The smallest absolute Gasteiger partial charge is 0.280 e. The molecule has 0 N–H and O–H groups in total. The molecule has 3 aromatic rings. The molecule has 0 unspecified atom stereocenters. The van der Waals surface area contributed by atoms with E-state index in [4.69, 9.17) is 14.2 Å². The molecule has 0 aromatic heterocycles. The van der Waals surface area contributed by atoms with E-state index >= 15 is 0 Å². The molecule has 0 bridgehead atoms. The molecular formula is C27H26N2O4. The van der Waals surface area contributed by atoms with Crippen molar-refractivity contribution in [3.05, 3.63) is 89.5 Å². The van der Waals surface area contributed by atoms with Crippen LogP contribution in [0.4, 0.5) is 5.69 Å². The van der Waals surface area contributed by atoms with Gasteiger partial charge in [0.15, 0.2) is 0 Å². The molecule has 3 aromatic carbocycles. The Morgan fingerprint density at radius 1 is 0.879 bits per heavy atom. The van der Waals surface area contributed by atoms with Crippen molar-refractivity contribution in [2.75, 3.05) is 25.3 Å². The maximum Gasteiger partial charge on any atom is 0.280 e. The van der Waals surface area contributed by atoms with Crippen molar-refractivity contribution < 1.29 is 19.0 Å². The van der Waals surface area contributed by atoms with Crippen LogP contribution in [0.25, 0.3) is 6.08 Å². The largest absolute Gasteiger partial charge is 0.497 e. The summed E-state index contributed by atoms with van der Waals surface area (Å²) in [7, 11) is 1.62. The summed E-state index contributed by atoms with van der Waals surface area (Å²) in [4.78, 5) is 13.1. The highest BCUT2D eigenvalue weighted by Gasteiger charge is 2.28. The number of nitrogens with zero attached hydrogens (tertiary/aromatic N) is 2. The predicted molar refractivity (Wildman–Crippen MR) is 130 cm³/mol. The Morgan fingerprint density at radius 3 is 2.42 bits per heavy atom. The third kappa shape index (κ3) is 5.23. The summed E-state index contributed by atoms with van der Waals surface area (Å²) in [6.45, 7) is 4.57. The third-order valence-electron chi connectivity index (χ3n) is 5.18. The highest BCUT2D eigenvalue weighted by molar-refractivity contribution is 6.32. The van der Waals surface area contributed by atoms with Crippen molar-refractivity contribution in [2.45, 2.75) is 13.8 Å². The Kier molecular flexibility index (Phi) is 6.74. The van der Waals surface area contributed by atoms with Crippen LogP contribution in [0.15, 0.2) is 83.5 Å². The molecule has 0 fully saturated rings. The van der Waals surface area contributed by atoms with Crippen molar-refractivity contribution in [2.24, 2.45) is 5.10 Å². The first-order valence-corrected chi connectivity index (χ1v) is 10.7. The first kappa shape index (κ1) is 22.1. The monoisotopic (exact) mass is 442 g/mol. The van der Waals surface area contributed by atoms with Crippen LogP contribution in [0.3, 0.4) is 0 Å². The van der Waals surface area contributed by atoms with Gasteiger partial charge in [0.2, 0.25) is 0 Å². The van der Waals surface area contributed by atoms with Gasteiger partial charge in [-0.15, -0.1) is 0 Å². The summed E-state index contributed by atoms with van der Waals surface area (Å²) < 4.78 is 17.0. The van der Waals surface area contributed by atoms with E-state index in [9.17, 15) is 4.79 Å². The Balaban J connectivity index is 1.47. The molecule has 1 amide bonds. The van der Waals surface area contributed by atoms with Crippen LogP contribution >= 0.6 is 0 Å². The lowest BCUT2D eigenvalue weighted by Gasteiger charge is -2.13. The number of carbonyl (C=O) groups is 1. The van der Waals surface area contributed by atoms with Crippen LogP contribution in [0.2, 0.25) is 0 Å². The molecule has 6 nitrogen and oxygen atoms in total. The molecular weight excluding hydrogens is 416 g/mol. The number of rotatable bonds is 8. The number of methoxy groups -OCH3 is 1. The maximum atomic E-state index is 13.1. The lowest BCUT2D eigenvalue weighted by Crippen LogP contribution is -2.21. The number of para-hydroxylation sites is 1. The van der Waals surface area contributed by atoms with Crippen LogP contribution < -0.4 is 19.2 Å². The molecule has 4 rings (SSSR count). The van der Waals surface area contributed by atoms with Gasteiger partial charge in [-0.2, -0.15) is 10.1 Å². The lowest BCUT2D eigenvalue weighted by molar-refractivity contribution is -0.114. The molecule has 1 aliphatic rings. The normalized spacial score (nSPS) is 14.4. The number of anilines is 1. The number of carbonyl (C=O) groups excluding carboxylic acids is 1. The van der Waals surface area contributed by atoms with E-state index in [0.29, 0.717) is 36.0 Å². The molecule has 0 aliphatic carbocycles. The number of benzene rings is 3. The first-order chi connectivity index (χ1) is 16.0. The second-order valence-electron chi connectivity index (χ2n) is 7.61. The number of hydrogen-bond acceptors (Lipinski definition) is 5. The number of ether oxygens (including phenoxy) is 3. The van der Waals surface area contributed by atoms with Gasteiger partial charge in [0.1, 0.15) is 30.5 Å². The quantitative estimate of drug-likeness (QED) is 0.352. The molecule has 6 heteroatoms. The summed E-state index contributed by atoms with van der Waals surface area (Å²) in [6, 6.07) is 22.7. The Labute approximate surface area is 193 Å². The van der Waals surface area contributed by atoms with Crippen LogP contribution in [-0.2, 0) is 4.79 Å². The Morgan fingerprint density at radius 2 is 1.64 bits per heavy atom. The molecule has 168 valence electrons. The SMILES string of the molecule is COc1cccc(OCCOc2ccc(C)cc2C=C2C(=O)N(c3ccccc3)N=C2C)c1. The zero-order valence-electron chi connectivity index (χ0n) is 18.9. The number of hydrazone groups is 1. The van der Waals surface area contributed by atoms with Gasteiger partial charge >= 0.3 is 0 Å². The second-order valence-corrected chi connectivity index (χ2v) is 7.61. The zero-order valence-corrected chi connectivity index (χ0v) is 18.9. The molecule has 33 heavy (non-hydrogen) atoms. The van der Waals surface area contributed by atoms with Crippen LogP contribution in [0, 0.1) is 6.92 Å². The van der Waals surface area contributed by atoms with E-state index in [0.717, 1.165) is 22.6 Å². The minimum Gasteiger partial charge on any atom is -0.497 e. The van der Waals surface area contributed by atoms with Gasteiger partial charge in [0, 0.05) is 11.6 Å². The number of hydrogen-bond donors (Lipinski definition) is 0. The van der Waals surface area contributed by atoms with Crippen molar-refractivity contribution in [1.82, 2.24) is 0 Å². The standard InChI is InChI=1S/C27H26N2O4/c1-19-12-13-26(33-15-14-32-24-11-7-10-23(18-24)31-3)21(16-19)17-25-20(2)28-29(27(25)30)22-8-5-4-6-9-22/h4-13,16-18H,14-15H2,1-3H3. The topological polar surface area (TPSA) is 60.4 Å². The Bertz CT molecular complexity index is 1200. The van der Waals surface area contributed by atoms with Gasteiger partial charge in [-0.1, -0.05) is 35.9 Å². The summed E-state index contributed by atoms with van der Waals surface area (Å²) in [5.74, 6) is 1.98. The number of amides is 1. The van der Waals surface area contributed by atoms with Crippen LogP contribution in [0.5, 0.6) is 17.2 Å². The average Bonchev–Trinajstić information content (AvgIpc) is 3.12. The van der Waals surface area contributed by atoms with Crippen LogP contribution in [0.1, 0.15) is 18.1 Å². The van der Waals surface area contributed by atoms with Crippen molar-refractivity contribution >= 4 is 23.4 Å². The second kappa shape index (κ2) is 10.0. The number of aryl methyl sites for hydroxylation is 1. The maximum absolute atomic E-state index is 13.1. The highest BCUT2D eigenvalue weighted by atomic mass is 16.5. The van der Waals surface area contributed by atoms with Crippen LogP contribution in [-0.4, -0.2) is 31.9 Å². The van der Waals surface area contributed by atoms with E-state index < -0.39 is 0 Å². The molecule has 0 spiro atoms. The zero-order chi connectivity index (χ0) is 23.2. The van der Waals surface area contributed by atoms with E-state index in [-0.39, 0.29) is 5.91 Å². The van der Waals surface area contributed by atoms with Crippen molar-refractivity contribution in [1.29, 1.82) is 0 Å². The van der Waals surface area contributed by atoms with Gasteiger partial charge in [0.25, 0.3) is 5.91 Å². The fourth-order valence-corrected chi connectivity index (χ4v) is 3.50. The average molecular weight is 443 g/mol. The van der Waals surface area contributed by atoms with E-state index in [2.05, 4.69) is 5.10 Å². The molecule has 0 saturated carbocycles. The fraction of sp³-hybridized carbons (Fsp3) is 0.185. The van der Waals surface area contributed by atoms with Crippen molar-refractivity contribution in [3.63, 3.8) is 0 Å². The third-order valence-corrected chi connectivity index (χ3v) is 5.18. The van der Waals surface area contributed by atoms with E-state index in [1.165, 1.54) is 5.01 Å². The summed E-state index contributed by atoms with van der Waals surface area (Å²) in [5, 5.41) is 5.88. The van der Waals surface area contributed by atoms with E-state index in [1.54, 1.807) is 7.11 Å². The molecule has 0 radical (unpaired) electrons. The Hall–Kier alpha value is -4.06. The van der Waals surface area contributed by atoms with Gasteiger partial charge in [0.05, 0.1) is 24.1 Å². The molecule has 1 heterocycles. The summed E-state index contributed by atoms with van der Waals surface area (Å²) in [5.41, 5.74) is 3.84. The predicted octanol–water partition coefficient (Wildman–Crippen LogP) is 5.27. The highest BCUT2D eigenvalue weighted by Crippen LogP contribution is 2.28. The minimum absolute atomic E-state index is 0.160. The van der Waals surface area contributed by atoms with Crippen molar-refractivity contribution in [3.8, 4) is 17.2 Å². The summed E-state index contributed by atoms with van der Waals surface area (Å²) >= 11 is 0. The summed E-state index contributed by atoms with van der Waals surface area (Å²) in [6.07, 6.45) is 1.84. The van der Waals surface area contributed by atoms with Gasteiger partial charge in [-0.25, -0.2) is 0 Å². The van der Waals surface area contributed by atoms with Gasteiger partial charge < -0.3 is 14.2 Å². The van der Waals surface area contributed by atoms with Gasteiger partial charge in [-0.3, -0.25) is 4.79 Å². The minimum atomic E-state index is -0.160. The van der Waals surface area contributed by atoms with Gasteiger partial charge in [-0.05, 0) is 56.3 Å².